The molecule has 5 heteroatoms. The van der Waals surface area contributed by atoms with Gasteiger partial charge in [-0.15, -0.1) is 0 Å². The summed E-state index contributed by atoms with van der Waals surface area (Å²) in [5, 5.41) is 0. The Morgan fingerprint density at radius 2 is 2.20 bits per heavy atom. The molecule has 0 saturated carbocycles. The Balaban J connectivity index is 2.04. The van der Waals surface area contributed by atoms with Gasteiger partial charge in [-0.1, -0.05) is 6.07 Å². The van der Waals surface area contributed by atoms with Crippen molar-refractivity contribution in [2.24, 2.45) is 0 Å². The normalized spacial score (nSPS) is 10.5. The molecule has 0 aliphatic heterocycles. The minimum atomic E-state index is -0.244. The van der Waals surface area contributed by atoms with Crippen molar-refractivity contribution in [3.05, 3.63) is 23.8 Å². The van der Waals surface area contributed by atoms with Crippen molar-refractivity contribution in [2.45, 2.75) is 13.3 Å². The van der Waals surface area contributed by atoms with Crippen molar-refractivity contribution in [1.29, 1.82) is 0 Å². The van der Waals surface area contributed by atoms with E-state index in [9.17, 15) is 4.79 Å². The molecule has 0 bridgehead atoms. The van der Waals surface area contributed by atoms with Crippen molar-refractivity contribution >= 4 is 28.7 Å². The van der Waals surface area contributed by atoms with E-state index >= 15 is 0 Å². The number of aromatic nitrogens is 2. The number of esters is 1. The lowest BCUT2D eigenvalue weighted by Gasteiger charge is -2.01. The molecule has 0 aliphatic carbocycles. The van der Waals surface area contributed by atoms with E-state index in [0.717, 1.165) is 16.6 Å². The monoisotopic (exact) mass is 222 g/mol. The molecule has 4 nitrogen and oxygen atoms in total. The third-order valence-corrected chi connectivity index (χ3v) is 2.57. The van der Waals surface area contributed by atoms with Crippen LogP contribution in [0.2, 0.25) is 0 Å². The average Bonchev–Trinajstić information content (AvgIpc) is 2.64. The Bertz CT molecular complexity index is 481. The highest BCUT2D eigenvalue weighted by Gasteiger charge is 2.00. The minimum Gasteiger partial charge on any atom is -0.466 e. The summed E-state index contributed by atoms with van der Waals surface area (Å²) in [4.78, 5) is 10.6. The largest absolute Gasteiger partial charge is 0.466 e. The highest BCUT2D eigenvalue weighted by atomic mass is 32.1. The summed E-state index contributed by atoms with van der Waals surface area (Å²) in [6, 6.07) is 5.89. The lowest BCUT2D eigenvalue weighted by Crippen LogP contribution is -2.03. The van der Waals surface area contributed by atoms with Crippen molar-refractivity contribution in [3.8, 4) is 0 Å². The topological polar surface area (TPSA) is 52.1 Å². The average molecular weight is 222 g/mol. The molecule has 2 aromatic rings. The zero-order valence-corrected chi connectivity index (χ0v) is 9.08. The zero-order chi connectivity index (χ0) is 10.7. The van der Waals surface area contributed by atoms with Crippen LogP contribution in [0.5, 0.6) is 0 Å². The van der Waals surface area contributed by atoms with E-state index in [0.29, 0.717) is 13.0 Å². The predicted octanol–water partition coefficient (Wildman–Crippen LogP) is 1.80. The molecule has 15 heavy (non-hydrogen) atoms. The van der Waals surface area contributed by atoms with E-state index < -0.39 is 0 Å². The van der Waals surface area contributed by atoms with Gasteiger partial charge < -0.3 is 4.74 Å². The lowest BCUT2D eigenvalue weighted by atomic mass is 10.1. The standard InChI is InChI=1S/C10H10N2O2S/c1-7(13)14-5-4-8-2-3-9-10(6-8)12-15-11-9/h2-3,6H,4-5H2,1H3. The van der Waals surface area contributed by atoms with E-state index in [-0.39, 0.29) is 5.97 Å². The van der Waals surface area contributed by atoms with Crippen LogP contribution in [-0.4, -0.2) is 21.3 Å². The number of hydrogen-bond donors (Lipinski definition) is 0. The van der Waals surface area contributed by atoms with E-state index in [1.54, 1.807) is 0 Å². The van der Waals surface area contributed by atoms with Crippen LogP contribution in [0.1, 0.15) is 12.5 Å². The van der Waals surface area contributed by atoms with E-state index in [1.165, 1.54) is 18.7 Å². The second kappa shape index (κ2) is 4.35. The molecule has 0 atom stereocenters. The molecule has 78 valence electrons. The van der Waals surface area contributed by atoms with Crippen LogP contribution >= 0.6 is 11.7 Å². The van der Waals surface area contributed by atoms with Gasteiger partial charge in [0.15, 0.2) is 0 Å². The number of carbonyl (C=O) groups excluding carboxylic acids is 1. The van der Waals surface area contributed by atoms with Crippen molar-refractivity contribution in [1.82, 2.24) is 8.75 Å². The third kappa shape index (κ3) is 2.50. The smallest absolute Gasteiger partial charge is 0.302 e. The first-order chi connectivity index (χ1) is 7.25. The first-order valence-corrected chi connectivity index (χ1v) is 5.33. The van der Waals surface area contributed by atoms with Crippen LogP contribution in [0, 0.1) is 0 Å². The number of benzene rings is 1. The fraction of sp³-hybridized carbons (Fsp3) is 0.300. The molecule has 0 amide bonds. The molecule has 0 spiro atoms. The highest BCUT2D eigenvalue weighted by Crippen LogP contribution is 2.13. The first-order valence-electron chi connectivity index (χ1n) is 4.60. The Kier molecular flexibility index (Phi) is 2.91. The molecule has 0 unspecified atom stereocenters. The number of carbonyl (C=O) groups is 1. The predicted molar refractivity (Wildman–Crippen MR) is 57.8 cm³/mol. The van der Waals surface area contributed by atoms with Crippen LogP contribution in [0.4, 0.5) is 0 Å². The van der Waals surface area contributed by atoms with Crippen LogP contribution in [0.15, 0.2) is 18.2 Å². The van der Waals surface area contributed by atoms with Crippen molar-refractivity contribution in [2.75, 3.05) is 6.61 Å². The van der Waals surface area contributed by atoms with Crippen LogP contribution in [-0.2, 0) is 16.0 Å². The van der Waals surface area contributed by atoms with Gasteiger partial charge in [-0.3, -0.25) is 4.79 Å². The fourth-order valence-corrected chi connectivity index (χ4v) is 1.81. The summed E-state index contributed by atoms with van der Waals surface area (Å²) in [6.45, 7) is 1.83. The number of hydrogen-bond acceptors (Lipinski definition) is 5. The Morgan fingerprint density at radius 1 is 1.40 bits per heavy atom. The molecule has 0 saturated heterocycles. The van der Waals surface area contributed by atoms with Crippen LogP contribution in [0.3, 0.4) is 0 Å². The Labute approximate surface area is 91.2 Å². The first kappa shape index (κ1) is 10.0. The van der Waals surface area contributed by atoms with Gasteiger partial charge in [0, 0.05) is 13.3 Å². The molecule has 0 radical (unpaired) electrons. The molecule has 1 heterocycles. The lowest BCUT2D eigenvalue weighted by molar-refractivity contribution is -0.140. The third-order valence-electron chi connectivity index (χ3n) is 2.01. The maximum Gasteiger partial charge on any atom is 0.302 e. The highest BCUT2D eigenvalue weighted by molar-refractivity contribution is 7.00. The fourth-order valence-electron chi connectivity index (χ4n) is 1.30. The number of nitrogens with zero attached hydrogens (tertiary/aromatic N) is 2. The summed E-state index contributed by atoms with van der Waals surface area (Å²) in [6.07, 6.45) is 0.715. The maximum atomic E-state index is 10.6. The molecule has 2 rings (SSSR count). The van der Waals surface area contributed by atoms with Gasteiger partial charge in [-0.2, -0.15) is 8.75 Å². The van der Waals surface area contributed by atoms with Gasteiger partial charge in [-0.25, -0.2) is 0 Å². The summed E-state index contributed by atoms with van der Waals surface area (Å²) < 4.78 is 13.1. The summed E-state index contributed by atoms with van der Waals surface area (Å²) in [7, 11) is 0. The SMILES string of the molecule is CC(=O)OCCc1ccc2nsnc2c1. The van der Waals surface area contributed by atoms with Gasteiger partial charge in [0.25, 0.3) is 0 Å². The van der Waals surface area contributed by atoms with E-state index in [2.05, 4.69) is 8.75 Å². The second-order valence-electron chi connectivity index (χ2n) is 3.18. The van der Waals surface area contributed by atoms with Gasteiger partial charge >= 0.3 is 5.97 Å². The van der Waals surface area contributed by atoms with Gasteiger partial charge in [0.2, 0.25) is 0 Å². The molecule has 1 aromatic carbocycles. The quantitative estimate of drug-likeness (QED) is 0.743. The molecule has 1 aromatic heterocycles. The van der Waals surface area contributed by atoms with E-state index in [4.69, 9.17) is 4.74 Å². The molecular formula is C10H10N2O2S. The molecule has 0 fully saturated rings. The van der Waals surface area contributed by atoms with Crippen LogP contribution in [0.25, 0.3) is 11.0 Å². The second-order valence-corrected chi connectivity index (χ2v) is 3.71. The van der Waals surface area contributed by atoms with Crippen LogP contribution < -0.4 is 0 Å². The molecule has 0 aliphatic rings. The maximum absolute atomic E-state index is 10.6. The number of rotatable bonds is 3. The van der Waals surface area contributed by atoms with Crippen molar-refractivity contribution in [3.63, 3.8) is 0 Å². The minimum absolute atomic E-state index is 0.244. The summed E-state index contributed by atoms with van der Waals surface area (Å²) >= 11 is 1.20. The number of ether oxygens (including phenoxy) is 1. The summed E-state index contributed by atoms with van der Waals surface area (Å²) in [5.41, 5.74) is 2.92. The Morgan fingerprint density at radius 3 is 3.00 bits per heavy atom. The zero-order valence-electron chi connectivity index (χ0n) is 8.27. The van der Waals surface area contributed by atoms with Crippen molar-refractivity contribution < 1.29 is 9.53 Å². The Hall–Kier alpha value is -1.49. The van der Waals surface area contributed by atoms with E-state index in [1.807, 2.05) is 18.2 Å². The van der Waals surface area contributed by atoms with Gasteiger partial charge in [-0.05, 0) is 17.7 Å². The summed E-state index contributed by atoms with van der Waals surface area (Å²) in [5.74, 6) is -0.244. The molecular weight excluding hydrogens is 212 g/mol. The van der Waals surface area contributed by atoms with Gasteiger partial charge in [0.1, 0.15) is 11.0 Å². The number of fused-ring (bicyclic) bond motifs is 1. The molecule has 0 N–H and O–H groups in total. The van der Waals surface area contributed by atoms with Gasteiger partial charge in [0.05, 0.1) is 18.3 Å².